The minimum absolute atomic E-state index is 0.0263. The minimum Gasteiger partial charge on any atom is -0.396 e. The molecule has 0 heterocycles. The van der Waals surface area contributed by atoms with Gasteiger partial charge < -0.3 is 5.11 Å². The van der Waals surface area contributed by atoms with Crippen molar-refractivity contribution >= 4 is 31.6 Å². The smallest absolute Gasteiger partial charge is 0.232 e. The molecule has 0 radical (unpaired) electrons. The summed E-state index contributed by atoms with van der Waals surface area (Å²) in [6.45, 7) is 2.16. The van der Waals surface area contributed by atoms with E-state index in [-0.39, 0.29) is 13.2 Å². The lowest BCUT2D eigenvalue weighted by Crippen LogP contribution is -2.31. The third kappa shape index (κ3) is 3.97. The summed E-state index contributed by atoms with van der Waals surface area (Å²) in [5, 5.41) is 8.80. The van der Waals surface area contributed by atoms with Crippen molar-refractivity contribution in [2.45, 2.75) is 13.3 Å². The van der Waals surface area contributed by atoms with Crippen LogP contribution in [0.2, 0.25) is 0 Å². The van der Waals surface area contributed by atoms with Crippen LogP contribution in [0.3, 0.4) is 0 Å². The van der Waals surface area contributed by atoms with Crippen LogP contribution in [-0.2, 0) is 10.0 Å². The maximum atomic E-state index is 11.7. The Morgan fingerprint density at radius 3 is 2.53 bits per heavy atom. The van der Waals surface area contributed by atoms with E-state index in [0.717, 1.165) is 10.0 Å². The highest BCUT2D eigenvalue weighted by molar-refractivity contribution is 9.10. The highest BCUT2D eigenvalue weighted by Crippen LogP contribution is 2.24. The Labute approximate surface area is 110 Å². The average Bonchev–Trinajstić information content (AvgIpc) is 2.22. The molecule has 0 saturated carbocycles. The molecule has 0 aromatic heterocycles. The number of hydrogen-bond donors (Lipinski definition) is 1. The number of aliphatic hydroxyl groups is 1. The zero-order valence-electron chi connectivity index (χ0n) is 9.85. The van der Waals surface area contributed by atoms with Crippen molar-refractivity contribution in [3.05, 3.63) is 28.2 Å². The SMILES string of the molecule is Cc1cc(N(CCCO)S(C)(=O)=O)ccc1Br. The number of anilines is 1. The summed E-state index contributed by atoms with van der Waals surface area (Å²) in [5.41, 5.74) is 1.60. The number of aryl methyl sites for hydroxylation is 1. The average molecular weight is 322 g/mol. The molecule has 4 nitrogen and oxygen atoms in total. The van der Waals surface area contributed by atoms with Gasteiger partial charge >= 0.3 is 0 Å². The van der Waals surface area contributed by atoms with Crippen LogP contribution in [0.15, 0.2) is 22.7 Å². The number of benzene rings is 1. The lowest BCUT2D eigenvalue weighted by atomic mass is 10.2. The van der Waals surface area contributed by atoms with Gasteiger partial charge in [0.1, 0.15) is 0 Å². The number of rotatable bonds is 5. The summed E-state index contributed by atoms with van der Waals surface area (Å²) in [6.07, 6.45) is 1.59. The van der Waals surface area contributed by atoms with Crippen LogP contribution in [0, 0.1) is 6.92 Å². The van der Waals surface area contributed by atoms with Gasteiger partial charge in [0.15, 0.2) is 0 Å². The molecule has 1 rings (SSSR count). The van der Waals surface area contributed by atoms with Gasteiger partial charge in [0, 0.05) is 17.6 Å². The normalized spacial score (nSPS) is 11.5. The van der Waals surface area contributed by atoms with Crippen molar-refractivity contribution in [2.75, 3.05) is 23.7 Å². The highest BCUT2D eigenvalue weighted by atomic mass is 79.9. The highest BCUT2D eigenvalue weighted by Gasteiger charge is 2.17. The molecular formula is C11H16BrNO3S. The van der Waals surface area contributed by atoms with E-state index < -0.39 is 10.0 Å². The molecule has 0 unspecified atom stereocenters. The van der Waals surface area contributed by atoms with Crippen molar-refractivity contribution in [1.82, 2.24) is 0 Å². The largest absolute Gasteiger partial charge is 0.396 e. The van der Waals surface area contributed by atoms with Gasteiger partial charge in [0.25, 0.3) is 0 Å². The molecule has 6 heteroatoms. The van der Waals surface area contributed by atoms with Crippen LogP contribution in [0.5, 0.6) is 0 Å². The number of nitrogens with zero attached hydrogens (tertiary/aromatic N) is 1. The molecule has 0 aliphatic carbocycles. The molecule has 1 N–H and O–H groups in total. The van der Waals surface area contributed by atoms with Gasteiger partial charge in [0.2, 0.25) is 10.0 Å². The van der Waals surface area contributed by atoms with Gasteiger partial charge in [-0.1, -0.05) is 15.9 Å². The lowest BCUT2D eigenvalue weighted by Gasteiger charge is -2.22. The maximum absolute atomic E-state index is 11.7. The Morgan fingerprint density at radius 2 is 2.06 bits per heavy atom. The van der Waals surface area contributed by atoms with E-state index in [0.29, 0.717) is 12.1 Å². The second-order valence-electron chi connectivity index (χ2n) is 3.85. The monoisotopic (exact) mass is 321 g/mol. The van der Waals surface area contributed by atoms with E-state index in [9.17, 15) is 8.42 Å². The zero-order valence-corrected chi connectivity index (χ0v) is 12.3. The van der Waals surface area contributed by atoms with E-state index in [4.69, 9.17) is 5.11 Å². The number of aliphatic hydroxyl groups excluding tert-OH is 1. The molecule has 0 fully saturated rings. The van der Waals surface area contributed by atoms with Gasteiger partial charge in [-0.3, -0.25) is 4.31 Å². The van der Waals surface area contributed by atoms with Crippen molar-refractivity contribution in [2.24, 2.45) is 0 Å². The van der Waals surface area contributed by atoms with E-state index in [1.807, 2.05) is 19.1 Å². The van der Waals surface area contributed by atoms with E-state index >= 15 is 0 Å². The second-order valence-corrected chi connectivity index (χ2v) is 6.61. The van der Waals surface area contributed by atoms with Crippen LogP contribution < -0.4 is 4.31 Å². The van der Waals surface area contributed by atoms with Crippen molar-refractivity contribution in [1.29, 1.82) is 0 Å². The Kier molecular flexibility index (Phi) is 4.97. The predicted molar refractivity (Wildman–Crippen MR) is 72.8 cm³/mol. The van der Waals surface area contributed by atoms with E-state index in [2.05, 4.69) is 15.9 Å². The van der Waals surface area contributed by atoms with Crippen LogP contribution in [0.1, 0.15) is 12.0 Å². The quantitative estimate of drug-likeness (QED) is 0.901. The Balaban J connectivity index is 3.09. The molecule has 1 aromatic rings. The first-order chi connectivity index (χ1) is 7.86. The summed E-state index contributed by atoms with van der Waals surface area (Å²) >= 11 is 3.37. The van der Waals surface area contributed by atoms with Gasteiger partial charge in [-0.15, -0.1) is 0 Å². The maximum Gasteiger partial charge on any atom is 0.232 e. The van der Waals surface area contributed by atoms with Gasteiger partial charge in [-0.2, -0.15) is 0 Å². The van der Waals surface area contributed by atoms with Gasteiger partial charge in [0.05, 0.1) is 11.9 Å². The van der Waals surface area contributed by atoms with Crippen molar-refractivity contribution in [3.8, 4) is 0 Å². The molecule has 0 amide bonds. The van der Waals surface area contributed by atoms with Crippen LogP contribution in [-0.4, -0.2) is 32.9 Å². The lowest BCUT2D eigenvalue weighted by molar-refractivity contribution is 0.291. The molecule has 96 valence electrons. The third-order valence-electron chi connectivity index (χ3n) is 2.35. The molecule has 0 aliphatic rings. The van der Waals surface area contributed by atoms with E-state index in [1.165, 1.54) is 10.6 Å². The summed E-state index contributed by atoms with van der Waals surface area (Å²) in [4.78, 5) is 0. The molecule has 0 atom stereocenters. The van der Waals surface area contributed by atoms with Gasteiger partial charge in [-0.25, -0.2) is 8.42 Å². The predicted octanol–water partition coefficient (Wildman–Crippen LogP) is 1.91. The summed E-state index contributed by atoms with van der Waals surface area (Å²) in [5.74, 6) is 0. The fraction of sp³-hybridized carbons (Fsp3) is 0.455. The van der Waals surface area contributed by atoms with E-state index in [1.54, 1.807) is 6.07 Å². The first-order valence-electron chi connectivity index (χ1n) is 5.21. The van der Waals surface area contributed by atoms with Crippen LogP contribution in [0.25, 0.3) is 0 Å². The van der Waals surface area contributed by atoms with Crippen LogP contribution >= 0.6 is 15.9 Å². The number of sulfonamides is 1. The first-order valence-corrected chi connectivity index (χ1v) is 7.85. The van der Waals surface area contributed by atoms with Crippen molar-refractivity contribution in [3.63, 3.8) is 0 Å². The zero-order chi connectivity index (χ0) is 13.1. The molecule has 17 heavy (non-hydrogen) atoms. The second kappa shape index (κ2) is 5.84. The molecule has 0 bridgehead atoms. The molecule has 0 saturated heterocycles. The Hall–Kier alpha value is -0.590. The topological polar surface area (TPSA) is 57.6 Å². The Morgan fingerprint density at radius 1 is 1.41 bits per heavy atom. The number of hydrogen-bond acceptors (Lipinski definition) is 3. The fourth-order valence-corrected chi connectivity index (χ4v) is 2.69. The Bertz CT molecular complexity index is 487. The van der Waals surface area contributed by atoms with Gasteiger partial charge in [-0.05, 0) is 37.1 Å². The molecular weight excluding hydrogens is 306 g/mol. The third-order valence-corrected chi connectivity index (χ3v) is 4.43. The molecule has 0 spiro atoms. The molecule has 0 aliphatic heterocycles. The van der Waals surface area contributed by atoms with Crippen molar-refractivity contribution < 1.29 is 13.5 Å². The number of halogens is 1. The standard InChI is InChI=1S/C11H16BrNO3S/c1-9-8-10(4-5-11(9)12)13(6-3-7-14)17(2,15)16/h4-5,8,14H,3,6-7H2,1-2H3. The summed E-state index contributed by atoms with van der Waals surface area (Å²) in [7, 11) is -3.31. The fourth-order valence-electron chi connectivity index (χ4n) is 1.48. The summed E-state index contributed by atoms with van der Waals surface area (Å²) in [6, 6.07) is 5.37. The minimum atomic E-state index is -3.31. The van der Waals surface area contributed by atoms with Crippen LogP contribution in [0.4, 0.5) is 5.69 Å². The summed E-state index contributed by atoms with van der Waals surface area (Å²) < 4.78 is 25.6. The first kappa shape index (κ1) is 14.5. The molecule has 1 aromatic carbocycles.